The SMILES string of the molecule is Cn1n[c-]cn1.[Y]. The third kappa shape index (κ3) is 2.14. The quantitative estimate of drug-likeness (QED) is 0.498. The molecule has 0 aliphatic carbocycles. The second kappa shape index (κ2) is 3.27. The summed E-state index contributed by atoms with van der Waals surface area (Å²) in [6, 6.07) is 0. The number of nitrogens with zero attached hydrogens (tertiary/aromatic N) is 3. The fourth-order valence-electron chi connectivity index (χ4n) is 0.245. The van der Waals surface area contributed by atoms with Crippen molar-refractivity contribution in [2.24, 2.45) is 7.05 Å². The molecule has 0 amide bonds. The summed E-state index contributed by atoms with van der Waals surface area (Å²) in [4.78, 5) is 1.44. The van der Waals surface area contributed by atoms with Gasteiger partial charge in [0.2, 0.25) is 0 Å². The largest absolute Gasteiger partial charge is 0.375 e. The third-order valence-corrected chi connectivity index (χ3v) is 0.485. The molecule has 0 bridgehead atoms. The summed E-state index contributed by atoms with van der Waals surface area (Å²) >= 11 is 0. The van der Waals surface area contributed by atoms with Crippen molar-refractivity contribution >= 4 is 0 Å². The standard InChI is InChI=1S/C3H4N3.Y/c1-6-4-2-3-5-6;/h2H,1H3;/q-1;. The average molecular weight is 171 g/mol. The van der Waals surface area contributed by atoms with Gasteiger partial charge in [0.25, 0.3) is 0 Å². The van der Waals surface area contributed by atoms with Crippen LogP contribution in [-0.2, 0) is 39.8 Å². The van der Waals surface area contributed by atoms with Gasteiger partial charge in [-0.2, -0.15) is 0 Å². The predicted octanol–water partition coefficient (Wildman–Crippen LogP) is -0.387. The maximum absolute atomic E-state index is 3.67. The van der Waals surface area contributed by atoms with Crippen LogP contribution < -0.4 is 0 Å². The zero-order chi connectivity index (χ0) is 4.41. The number of rotatable bonds is 0. The second-order valence-electron chi connectivity index (χ2n) is 0.963. The molecule has 0 unspecified atom stereocenters. The van der Waals surface area contributed by atoms with Gasteiger partial charge in [0.05, 0.1) is 0 Å². The molecule has 1 heterocycles. The zero-order valence-corrected chi connectivity index (χ0v) is 6.83. The minimum atomic E-state index is 0. The number of hydrogen-bond donors (Lipinski definition) is 0. The van der Waals surface area contributed by atoms with Crippen LogP contribution in [0.15, 0.2) is 6.20 Å². The molecule has 4 heteroatoms. The Morgan fingerprint density at radius 3 is 2.57 bits per heavy atom. The molecule has 0 atom stereocenters. The Morgan fingerprint density at radius 2 is 2.43 bits per heavy atom. The molecule has 1 radical (unpaired) electrons. The first-order valence-electron chi connectivity index (χ1n) is 1.62. The van der Waals surface area contributed by atoms with E-state index >= 15 is 0 Å². The van der Waals surface area contributed by atoms with E-state index in [2.05, 4.69) is 16.4 Å². The van der Waals surface area contributed by atoms with Crippen molar-refractivity contribution < 1.29 is 32.7 Å². The van der Waals surface area contributed by atoms with Gasteiger partial charge in [-0.15, -0.1) is 6.20 Å². The van der Waals surface area contributed by atoms with Crippen molar-refractivity contribution in [3.63, 3.8) is 0 Å². The molecule has 35 valence electrons. The van der Waals surface area contributed by atoms with Crippen LogP contribution in [0.3, 0.4) is 0 Å². The van der Waals surface area contributed by atoms with Crippen LogP contribution in [0.25, 0.3) is 0 Å². The van der Waals surface area contributed by atoms with Gasteiger partial charge in [0, 0.05) is 39.8 Å². The fraction of sp³-hybridized carbons (Fsp3) is 0.333. The van der Waals surface area contributed by atoms with E-state index in [4.69, 9.17) is 0 Å². The molecule has 0 aliphatic heterocycles. The molecule has 0 aliphatic rings. The van der Waals surface area contributed by atoms with Crippen molar-refractivity contribution in [2.75, 3.05) is 0 Å². The predicted molar refractivity (Wildman–Crippen MR) is 19.8 cm³/mol. The number of aromatic nitrogens is 3. The topological polar surface area (TPSA) is 30.7 Å². The van der Waals surface area contributed by atoms with Crippen molar-refractivity contribution in [1.29, 1.82) is 0 Å². The minimum Gasteiger partial charge on any atom is -0.375 e. The van der Waals surface area contributed by atoms with Crippen LogP contribution >= 0.6 is 0 Å². The van der Waals surface area contributed by atoms with E-state index in [1.54, 1.807) is 7.05 Å². The van der Waals surface area contributed by atoms with E-state index in [-0.39, 0.29) is 32.7 Å². The zero-order valence-electron chi connectivity index (χ0n) is 4.00. The summed E-state index contributed by atoms with van der Waals surface area (Å²) in [6.45, 7) is 0. The van der Waals surface area contributed by atoms with Gasteiger partial charge in [-0.05, 0) is 0 Å². The van der Waals surface area contributed by atoms with Gasteiger partial charge < -0.3 is 11.3 Å². The van der Waals surface area contributed by atoms with Crippen LogP contribution in [0.1, 0.15) is 0 Å². The second-order valence-corrected chi connectivity index (χ2v) is 0.963. The molecule has 7 heavy (non-hydrogen) atoms. The molecule has 1 aromatic rings. The van der Waals surface area contributed by atoms with Crippen LogP contribution in [0, 0.1) is 6.20 Å². The van der Waals surface area contributed by atoms with Crippen LogP contribution in [-0.4, -0.2) is 15.0 Å². The molecule has 0 N–H and O–H groups in total. The first-order valence-corrected chi connectivity index (χ1v) is 1.62. The molecule has 3 nitrogen and oxygen atoms in total. The summed E-state index contributed by atoms with van der Waals surface area (Å²) in [5.74, 6) is 0. The Kier molecular flexibility index (Phi) is 3.39. The van der Waals surface area contributed by atoms with E-state index < -0.39 is 0 Å². The smallest absolute Gasteiger partial charge is 0.0462 e. The van der Waals surface area contributed by atoms with Gasteiger partial charge in [0.1, 0.15) is 0 Å². The first kappa shape index (κ1) is 7.24. The van der Waals surface area contributed by atoms with Crippen LogP contribution in [0.5, 0.6) is 0 Å². The van der Waals surface area contributed by atoms with Crippen LogP contribution in [0.4, 0.5) is 0 Å². The Morgan fingerprint density at radius 1 is 1.71 bits per heavy atom. The van der Waals surface area contributed by atoms with Gasteiger partial charge >= 0.3 is 0 Å². The molecule has 0 saturated carbocycles. The van der Waals surface area contributed by atoms with Crippen molar-refractivity contribution in [2.45, 2.75) is 0 Å². The van der Waals surface area contributed by atoms with E-state index in [0.717, 1.165) is 0 Å². The number of hydrogen-bond acceptors (Lipinski definition) is 2. The molecule has 0 saturated heterocycles. The van der Waals surface area contributed by atoms with Gasteiger partial charge in [0.15, 0.2) is 0 Å². The van der Waals surface area contributed by atoms with E-state index in [1.165, 1.54) is 11.0 Å². The van der Waals surface area contributed by atoms with E-state index in [1.807, 2.05) is 0 Å². The summed E-state index contributed by atoms with van der Waals surface area (Å²) in [5.41, 5.74) is 0. The Bertz CT molecular complexity index is 114. The molecule has 1 rings (SSSR count). The maximum Gasteiger partial charge on any atom is 0.0462 e. The van der Waals surface area contributed by atoms with E-state index in [9.17, 15) is 0 Å². The van der Waals surface area contributed by atoms with E-state index in [0.29, 0.717) is 0 Å². The summed E-state index contributed by atoms with van der Waals surface area (Å²) in [6.07, 6.45) is 4.05. The molecular formula is C3H4N3Y-. The number of aryl methyl sites for hydroxylation is 1. The maximum atomic E-state index is 3.67. The molecule has 0 fully saturated rings. The van der Waals surface area contributed by atoms with Crippen LogP contribution in [0.2, 0.25) is 0 Å². The van der Waals surface area contributed by atoms with Gasteiger partial charge in [-0.25, -0.2) is 9.90 Å². The molecule has 0 aromatic carbocycles. The normalized spacial score (nSPS) is 7.57. The van der Waals surface area contributed by atoms with Crippen molar-refractivity contribution in [3.8, 4) is 0 Å². The van der Waals surface area contributed by atoms with Crippen molar-refractivity contribution in [1.82, 2.24) is 15.0 Å². The molecular weight excluding hydrogens is 167 g/mol. The average Bonchev–Trinajstić information content (AvgIpc) is 1.86. The first-order chi connectivity index (χ1) is 2.89. The summed E-state index contributed by atoms with van der Waals surface area (Å²) < 4.78 is 0. The third-order valence-electron chi connectivity index (χ3n) is 0.485. The molecule has 1 aromatic heterocycles. The van der Waals surface area contributed by atoms with Crippen molar-refractivity contribution in [3.05, 3.63) is 12.4 Å². The Hall–Kier alpha value is 0.244. The van der Waals surface area contributed by atoms with Gasteiger partial charge in [-0.3, -0.25) is 0 Å². The van der Waals surface area contributed by atoms with Gasteiger partial charge in [-0.1, -0.05) is 0 Å². The Labute approximate surface area is 67.0 Å². The monoisotopic (exact) mass is 171 g/mol. The minimum absolute atomic E-state index is 0. The summed E-state index contributed by atoms with van der Waals surface area (Å²) in [7, 11) is 1.75. The summed E-state index contributed by atoms with van der Waals surface area (Å²) in [5, 5.41) is 7.26. The Balaban J connectivity index is 0.000000360. The molecule has 0 spiro atoms. The fourth-order valence-corrected chi connectivity index (χ4v) is 0.245.